The number of hydrogen-bond donors (Lipinski definition) is 1. The first-order valence-electron chi connectivity index (χ1n) is 8.99. The zero-order valence-electron chi connectivity index (χ0n) is 15.8. The summed E-state index contributed by atoms with van der Waals surface area (Å²) in [5.41, 5.74) is 3.17. The Hall–Kier alpha value is -2.74. The molecule has 0 aliphatic carbocycles. The lowest BCUT2D eigenvalue weighted by Gasteiger charge is -2.15. The Morgan fingerprint density at radius 2 is 1.90 bits per heavy atom. The van der Waals surface area contributed by atoms with Crippen molar-refractivity contribution in [3.8, 4) is 5.69 Å². The van der Waals surface area contributed by atoms with Gasteiger partial charge in [0.25, 0.3) is 5.91 Å². The number of halogens is 3. The Morgan fingerprint density at radius 1 is 1.14 bits per heavy atom. The van der Waals surface area contributed by atoms with Crippen LogP contribution in [0.15, 0.2) is 42.5 Å². The summed E-state index contributed by atoms with van der Waals surface area (Å²) >= 11 is 1.66. The van der Waals surface area contributed by atoms with Crippen LogP contribution < -0.4 is 5.32 Å². The summed E-state index contributed by atoms with van der Waals surface area (Å²) in [7, 11) is 0. The number of carbonyl (C=O) groups is 1. The maximum atomic E-state index is 13.3. The lowest BCUT2D eigenvalue weighted by Crippen LogP contribution is -2.21. The topological polar surface area (TPSA) is 46.9 Å². The number of benzene rings is 2. The molecule has 1 aliphatic rings. The van der Waals surface area contributed by atoms with E-state index >= 15 is 0 Å². The molecule has 0 spiro atoms. The van der Waals surface area contributed by atoms with E-state index in [1.807, 2.05) is 32.0 Å². The molecule has 150 valence electrons. The third-order valence-electron chi connectivity index (χ3n) is 4.84. The smallest absolute Gasteiger partial charge is 0.306 e. The third-order valence-corrected chi connectivity index (χ3v) is 5.81. The number of nitrogens with one attached hydrogen (secondary N) is 1. The summed E-state index contributed by atoms with van der Waals surface area (Å²) in [4.78, 5) is 12.8. The number of carbonyl (C=O) groups excluding carboxylic acids is 1. The van der Waals surface area contributed by atoms with Crippen molar-refractivity contribution in [1.82, 2.24) is 9.78 Å². The van der Waals surface area contributed by atoms with Crippen LogP contribution in [0, 0.1) is 13.8 Å². The maximum absolute atomic E-state index is 13.3. The molecular weight excluding hydrogens is 399 g/mol. The normalized spacial score (nSPS) is 13.4. The number of hydrogen-bond acceptors (Lipinski definition) is 3. The van der Waals surface area contributed by atoms with Crippen molar-refractivity contribution in [3.63, 3.8) is 0 Å². The Balaban J connectivity index is 1.78. The van der Waals surface area contributed by atoms with Crippen LogP contribution >= 0.6 is 11.8 Å². The van der Waals surface area contributed by atoms with Crippen molar-refractivity contribution in [1.29, 1.82) is 0 Å². The molecule has 0 radical (unpaired) electrons. The molecule has 2 aromatic carbocycles. The lowest BCUT2D eigenvalue weighted by atomic mass is 10.1. The Kier molecular flexibility index (Phi) is 4.90. The summed E-state index contributed by atoms with van der Waals surface area (Å²) in [5, 5.41) is 7.34. The largest absolute Gasteiger partial charge is 0.417 e. The molecule has 4 nitrogen and oxygen atoms in total. The highest BCUT2D eigenvalue weighted by Gasteiger charge is 2.35. The molecule has 0 atom stereocenters. The minimum atomic E-state index is -4.61. The van der Waals surface area contributed by atoms with E-state index in [4.69, 9.17) is 0 Å². The van der Waals surface area contributed by atoms with Gasteiger partial charge in [-0.15, -0.1) is 0 Å². The van der Waals surface area contributed by atoms with E-state index in [0.717, 1.165) is 34.1 Å². The summed E-state index contributed by atoms with van der Waals surface area (Å²) < 4.78 is 41.7. The average molecular weight is 417 g/mol. The fourth-order valence-electron chi connectivity index (χ4n) is 3.46. The second kappa shape index (κ2) is 7.26. The summed E-state index contributed by atoms with van der Waals surface area (Å²) in [6.45, 7) is 3.92. The van der Waals surface area contributed by atoms with E-state index in [-0.39, 0.29) is 0 Å². The highest BCUT2D eigenvalue weighted by atomic mass is 32.2. The highest BCUT2D eigenvalue weighted by molar-refractivity contribution is 7.98. The van der Waals surface area contributed by atoms with Crippen LogP contribution in [0.4, 0.5) is 19.0 Å². The van der Waals surface area contributed by atoms with Gasteiger partial charge < -0.3 is 5.32 Å². The van der Waals surface area contributed by atoms with Gasteiger partial charge in [-0.2, -0.15) is 30.0 Å². The van der Waals surface area contributed by atoms with Crippen LogP contribution in [0.25, 0.3) is 5.69 Å². The Morgan fingerprint density at radius 3 is 2.62 bits per heavy atom. The zero-order chi connectivity index (χ0) is 20.8. The number of rotatable bonds is 3. The Labute approximate surface area is 170 Å². The zero-order valence-corrected chi connectivity index (χ0v) is 16.6. The minimum absolute atomic E-state index is 0.409. The summed E-state index contributed by atoms with van der Waals surface area (Å²) in [6.07, 6.45) is -4.61. The monoisotopic (exact) mass is 417 g/mol. The van der Waals surface area contributed by atoms with Gasteiger partial charge in [-0.05, 0) is 37.6 Å². The van der Waals surface area contributed by atoms with Crippen molar-refractivity contribution in [2.75, 3.05) is 5.32 Å². The van der Waals surface area contributed by atoms with Gasteiger partial charge in [0.15, 0.2) is 0 Å². The molecule has 2 heterocycles. The molecule has 8 heteroatoms. The summed E-state index contributed by atoms with van der Waals surface area (Å²) in [6, 6.07) is 10.6. The molecule has 1 amide bonds. The molecule has 0 fully saturated rings. The van der Waals surface area contributed by atoms with E-state index in [9.17, 15) is 18.0 Å². The highest BCUT2D eigenvalue weighted by Crippen LogP contribution is 2.37. The molecule has 3 aromatic rings. The number of fused-ring (bicyclic) bond motifs is 1. The van der Waals surface area contributed by atoms with Crippen LogP contribution in [0.2, 0.25) is 0 Å². The molecule has 0 saturated heterocycles. The van der Waals surface area contributed by atoms with Crippen molar-refractivity contribution in [2.24, 2.45) is 0 Å². The van der Waals surface area contributed by atoms with Crippen molar-refractivity contribution < 1.29 is 18.0 Å². The van der Waals surface area contributed by atoms with Gasteiger partial charge in [-0.25, -0.2) is 4.68 Å². The number of anilines is 1. The second-order valence-electron chi connectivity index (χ2n) is 6.97. The number of nitrogens with zero attached hydrogens (tertiary/aromatic N) is 2. The Bertz CT molecular complexity index is 1110. The molecule has 29 heavy (non-hydrogen) atoms. The van der Waals surface area contributed by atoms with Crippen molar-refractivity contribution >= 4 is 23.5 Å². The number of alkyl halides is 3. The molecule has 1 aromatic heterocycles. The first-order valence-corrected chi connectivity index (χ1v) is 10.1. The van der Waals surface area contributed by atoms with Crippen molar-refractivity contribution in [3.05, 3.63) is 76.0 Å². The standard InChI is InChI=1S/C21H18F3N3OS/c1-12-7-8-18(13(2)9-12)27-19(15-10-29-11-17(15)26-27)25-20(28)14-5-3-4-6-16(14)21(22,23)24/h3-9H,10-11H2,1-2H3,(H,25,28). The van der Waals surface area contributed by atoms with Gasteiger partial charge in [-0.3, -0.25) is 4.79 Å². The van der Waals surface area contributed by atoms with Crippen molar-refractivity contribution in [2.45, 2.75) is 31.5 Å². The van der Waals surface area contributed by atoms with Gasteiger partial charge in [0, 0.05) is 17.1 Å². The first-order chi connectivity index (χ1) is 13.8. The molecule has 4 rings (SSSR count). The third kappa shape index (κ3) is 3.64. The van der Waals surface area contributed by atoms with Crippen LogP contribution in [-0.4, -0.2) is 15.7 Å². The lowest BCUT2D eigenvalue weighted by molar-refractivity contribution is -0.137. The average Bonchev–Trinajstić information content (AvgIpc) is 3.24. The van der Waals surface area contributed by atoms with E-state index in [0.29, 0.717) is 17.3 Å². The van der Waals surface area contributed by atoms with E-state index < -0.39 is 23.2 Å². The number of amides is 1. The molecule has 1 aliphatic heterocycles. The predicted molar refractivity (Wildman–Crippen MR) is 107 cm³/mol. The molecule has 1 N–H and O–H groups in total. The van der Waals surface area contributed by atoms with E-state index in [2.05, 4.69) is 10.4 Å². The van der Waals surface area contributed by atoms with Gasteiger partial charge in [0.05, 0.1) is 22.5 Å². The molecule has 0 unspecified atom stereocenters. The van der Waals surface area contributed by atoms with Gasteiger partial charge in [0.1, 0.15) is 5.82 Å². The summed E-state index contributed by atoms with van der Waals surface area (Å²) in [5.74, 6) is 0.980. The SMILES string of the molecule is Cc1ccc(-n2nc3c(c2NC(=O)c2ccccc2C(F)(F)F)CSC3)c(C)c1. The minimum Gasteiger partial charge on any atom is -0.306 e. The van der Waals surface area contributed by atoms with E-state index in [1.54, 1.807) is 16.4 Å². The van der Waals surface area contributed by atoms with E-state index in [1.165, 1.54) is 18.2 Å². The van der Waals surface area contributed by atoms with Crippen LogP contribution in [0.5, 0.6) is 0 Å². The quantitative estimate of drug-likeness (QED) is 0.612. The van der Waals surface area contributed by atoms with Gasteiger partial charge in [0.2, 0.25) is 0 Å². The van der Waals surface area contributed by atoms with Gasteiger partial charge in [-0.1, -0.05) is 29.8 Å². The first kappa shape index (κ1) is 19.6. The predicted octanol–water partition coefficient (Wildman–Crippen LogP) is 5.51. The fraction of sp³-hybridized carbons (Fsp3) is 0.238. The fourth-order valence-corrected chi connectivity index (χ4v) is 4.50. The number of thioether (sulfide) groups is 1. The second-order valence-corrected chi connectivity index (χ2v) is 7.95. The number of aromatic nitrogens is 2. The molecule has 0 bridgehead atoms. The van der Waals surface area contributed by atoms with Crippen LogP contribution in [0.3, 0.4) is 0 Å². The van der Waals surface area contributed by atoms with Crippen LogP contribution in [-0.2, 0) is 17.7 Å². The molecular formula is C21H18F3N3OS. The maximum Gasteiger partial charge on any atom is 0.417 e. The molecule has 0 saturated carbocycles. The number of aryl methyl sites for hydroxylation is 2. The van der Waals surface area contributed by atoms with Crippen LogP contribution in [0.1, 0.15) is 38.3 Å². The van der Waals surface area contributed by atoms with Gasteiger partial charge >= 0.3 is 6.18 Å².